The maximum atomic E-state index is 11.3. The Labute approximate surface area is 93.6 Å². The topological polar surface area (TPSA) is 43.1 Å². The molecule has 0 aromatic heterocycles. The predicted molar refractivity (Wildman–Crippen MR) is 66.8 cm³/mol. The Morgan fingerprint density at radius 3 is 2.27 bits per heavy atom. The Bertz CT molecular complexity index is 376. The van der Waals surface area contributed by atoms with Crippen LogP contribution in [0.25, 0.3) is 5.57 Å². The van der Waals surface area contributed by atoms with Crippen molar-refractivity contribution in [3.8, 4) is 0 Å². The van der Waals surface area contributed by atoms with Crippen LogP contribution in [-0.4, -0.2) is 16.0 Å². The van der Waals surface area contributed by atoms with Gasteiger partial charge in [-0.1, -0.05) is 30.3 Å². The van der Waals surface area contributed by atoms with Crippen LogP contribution in [-0.2, 0) is 10.8 Å². The molecule has 3 heteroatoms. The van der Waals surface area contributed by atoms with E-state index in [4.69, 9.17) is 5.73 Å². The second-order valence-corrected chi connectivity index (χ2v) is 5.35. The minimum atomic E-state index is -0.985. The van der Waals surface area contributed by atoms with Gasteiger partial charge in [-0.2, -0.15) is 0 Å². The molecule has 15 heavy (non-hydrogen) atoms. The Balaban J connectivity index is 3.20. The SMILES string of the molecule is CS(=O)/C=C(\c1ccccc1)C(C)(C)N. The average molecular weight is 223 g/mol. The second kappa shape index (κ2) is 4.73. The third-order valence-corrected chi connectivity index (χ3v) is 2.63. The molecule has 1 atom stereocenters. The molecule has 1 unspecified atom stereocenters. The van der Waals surface area contributed by atoms with Crippen molar-refractivity contribution in [2.24, 2.45) is 5.73 Å². The molecule has 0 aliphatic carbocycles. The van der Waals surface area contributed by atoms with Crippen molar-refractivity contribution in [3.63, 3.8) is 0 Å². The third kappa shape index (κ3) is 3.61. The Kier molecular flexibility index (Phi) is 3.83. The monoisotopic (exact) mass is 223 g/mol. The zero-order chi connectivity index (χ0) is 11.5. The van der Waals surface area contributed by atoms with Crippen molar-refractivity contribution in [3.05, 3.63) is 41.3 Å². The fourth-order valence-electron chi connectivity index (χ4n) is 1.38. The fraction of sp³-hybridized carbons (Fsp3) is 0.333. The van der Waals surface area contributed by atoms with Gasteiger partial charge in [-0.25, -0.2) is 0 Å². The van der Waals surface area contributed by atoms with E-state index >= 15 is 0 Å². The summed E-state index contributed by atoms with van der Waals surface area (Å²) in [7, 11) is -0.985. The van der Waals surface area contributed by atoms with Crippen molar-refractivity contribution in [1.82, 2.24) is 0 Å². The minimum absolute atomic E-state index is 0.479. The van der Waals surface area contributed by atoms with E-state index in [-0.39, 0.29) is 0 Å². The van der Waals surface area contributed by atoms with Crippen molar-refractivity contribution >= 4 is 16.4 Å². The number of hydrogen-bond donors (Lipinski definition) is 1. The zero-order valence-corrected chi connectivity index (χ0v) is 10.2. The third-order valence-electron chi connectivity index (χ3n) is 2.06. The van der Waals surface area contributed by atoms with Gasteiger partial charge in [0.25, 0.3) is 0 Å². The van der Waals surface area contributed by atoms with Gasteiger partial charge >= 0.3 is 0 Å². The molecule has 1 rings (SSSR count). The van der Waals surface area contributed by atoms with Crippen LogP contribution in [0.15, 0.2) is 35.7 Å². The summed E-state index contributed by atoms with van der Waals surface area (Å²) >= 11 is 0. The maximum absolute atomic E-state index is 11.3. The van der Waals surface area contributed by atoms with Gasteiger partial charge in [-0.3, -0.25) is 4.21 Å². The summed E-state index contributed by atoms with van der Waals surface area (Å²) in [5.41, 5.74) is 7.53. The highest BCUT2D eigenvalue weighted by Gasteiger charge is 2.19. The lowest BCUT2D eigenvalue weighted by Crippen LogP contribution is -2.33. The Morgan fingerprint density at radius 1 is 1.33 bits per heavy atom. The standard InChI is InChI=1S/C12H17NOS/c1-12(2,13)11(9-15(3)14)10-7-5-4-6-8-10/h4-9H,13H2,1-3H3/b11-9+. The molecule has 0 amide bonds. The van der Waals surface area contributed by atoms with Gasteiger partial charge < -0.3 is 5.73 Å². The molecule has 0 saturated heterocycles. The Morgan fingerprint density at radius 2 is 1.87 bits per heavy atom. The lowest BCUT2D eigenvalue weighted by Gasteiger charge is -2.23. The van der Waals surface area contributed by atoms with Crippen LogP contribution in [0.5, 0.6) is 0 Å². The molecule has 0 bridgehead atoms. The van der Waals surface area contributed by atoms with E-state index in [2.05, 4.69) is 0 Å². The lowest BCUT2D eigenvalue weighted by molar-refractivity contribution is 0.673. The molecule has 0 fully saturated rings. The molecule has 2 N–H and O–H groups in total. The quantitative estimate of drug-likeness (QED) is 0.853. The van der Waals surface area contributed by atoms with Gasteiger partial charge in [0.2, 0.25) is 0 Å². The van der Waals surface area contributed by atoms with E-state index in [9.17, 15) is 4.21 Å². The van der Waals surface area contributed by atoms with Crippen LogP contribution in [0.3, 0.4) is 0 Å². The molecule has 1 aromatic rings. The van der Waals surface area contributed by atoms with E-state index in [1.54, 1.807) is 11.7 Å². The maximum Gasteiger partial charge on any atom is 0.0428 e. The molecular weight excluding hydrogens is 206 g/mol. The van der Waals surface area contributed by atoms with Crippen LogP contribution < -0.4 is 5.73 Å². The van der Waals surface area contributed by atoms with Gasteiger partial charge in [-0.05, 0) is 25.0 Å². The molecule has 2 nitrogen and oxygen atoms in total. The molecule has 1 aromatic carbocycles. The molecule has 0 aliphatic heterocycles. The van der Waals surface area contributed by atoms with Crippen molar-refractivity contribution in [1.29, 1.82) is 0 Å². The average Bonchev–Trinajstić information content (AvgIpc) is 2.14. The summed E-state index contributed by atoms with van der Waals surface area (Å²) in [6.07, 6.45) is 1.65. The van der Waals surface area contributed by atoms with Gasteiger partial charge in [0.05, 0.1) is 0 Å². The summed E-state index contributed by atoms with van der Waals surface area (Å²) in [5.74, 6) is 0. The highest BCUT2D eigenvalue weighted by atomic mass is 32.2. The predicted octanol–water partition coefficient (Wildman–Crippen LogP) is 2.14. The van der Waals surface area contributed by atoms with Crippen molar-refractivity contribution in [2.75, 3.05) is 6.26 Å². The first kappa shape index (κ1) is 12.1. The van der Waals surface area contributed by atoms with Crippen LogP contribution in [0.2, 0.25) is 0 Å². The number of hydrogen-bond acceptors (Lipinski definition) is 2. The van der Waals surface area contributed by atoms with E-state index in [1.807, 2.05) is 44.2 Å². The molecule has 0 spiro atoms. The second-order valence-electron chi connectivity index (χ2n) is 4.12. The number of benzene rings is 1. The smallest absolute Gasteiger partial charge is 0.0428 e. The minimum Gasteiger partial charge on any atom is -0.322 e. The van der Waals surface area contributed by atoms with Crippen LogP contribution >= 0.6 is 0 Å². The van der Waals surface area contributed by atoms with Crippen LogP contribution in [0.1, 0.15) is 19.4 Å². The van der Waals surface area contributed by atoms with Gasteiger partial charge in [0, 0.05) is 28.0 Å². The van der Waals surface area contributed by atoms with E-state index in [0.29, 0.717) is 0 Å². The first-order chi connectivity index (χ1) is 6.91. The highest BCUT2D eigenvalue weighted by molar-refractivity contribution is 7.87. The first-order valence-corrected chi connectivity index (χ1v) is 6.42. The van der Waals surface area contributed by atoms with Crippen LogP contribution in [0.4, 0.5) is 0 Å². The lowest BCUT2D eigenvalue weighted by atomic mass is 9.91. The largest absolute Gasteiger partial charge is 0.322 e. The normalized spacial score (nSPS) is 15.1. The highest BCUT2D eigenvalue weighted by Crippen LogP contribution is 2.24. The zero-order valence-electron chi connectivity index (χ0n) is 9.36. The van der Waals surface area contributed by atoms with E-state index < -0.39 is 16.3 Å². The summed E-state index contributed by atoms with van der Waals surface area (Å²) in [6.45, 7) is 3.83. The molecular formula is C12H17NOS. The molecule has 0 saturated carbocycles. The van der Waals surface area contributed by atoms with Gasteiger partial charge in [0.1, 0.15) is 0 Å². The Hall–Kier alpha value is -0.930. The van der Waals surface area contributed by atoms with Gasteiger partial charge in [0.15, 0.2) is 0 Å². The first-order valence-electron chi connectivity index (χ1n) is 4.80. The molecule has 0 radical (unpaired) electrons. The molecule has 0 heterocycles. The van der Waals surface area contributed by atoms with Gasteiger partial charge in [-0.15, -0.1) is 0 Å². The molecule has 0 aliphatic rings. The summed E-state index contributed by atoms with van der Waals surface area (Å²) < 4.78 is 11.3. The fourth-order valence-corrected chi connectivity index (χ4v) is 2.15. The van der Waals surface area contributed by atoms with Crippen LogP contribution in [0, 0.1) is 0 Å². The summed E-state index contributed by atoms with van der Waals surface area (Å²) in [5, 5.41) is 1.72. The van der Waals surface area contributed by atoms with Crippen molar-refractivity contribution < 1.29 is 4.21 Å². The molecule has 82 valence electrons. The number of rotatable bonds is 3. The summed E-state index contributed by atoms with van der Waals surface area (Å²) in [4.78, 5) is 0. The van der Waals surface area contributed by atoms with Crippen molar-refractivity contribution in [2.45, 2.75) is 19.4 Å². The van der Waals surface area contributed by atoms with E-state index in [0.717, 1.165) is 11.1 Å². The van der Waals surface area contributed by atoms with E-state index in [1.165, 1.54) is 0 Å². The summed E-state index contributed by atoms with van der Waals surface area (Å²) in [6, 6.07) is 9.81. The number of nitrogens with two attached hydrogens (primary N) is 1.